The molecule has 0 radical (unpaired) electrons. The zero-order valence-corrected chi connectivity index (χ0v) is 8.93. The zero-order chi connectivity index (χ0) is 9.80. The third-order valence-electron chi connectivity index (χ3n) is 2.52. The summed E-state index contributed by atoms with van der Waals surface area (Å²) in [6.45, 7) is 1.08. The van der Waals surface area contributed by atoms with Crippen LogP contribution in [0.25, 0.3) is 0 Å². The van der Waals surface area contributed by atoms with Gasteiger partial charge in [-0.1, -0.05) is 18.2 Å². The molecule has 0 amide bonds. The maximum Gasteiger partial charge on any atom is 0.0545 e. The van der Waals surface area contributed by atoms with Gasteiger partial charge in [-0.05, 0) is 31.5 Å². The van der Waals surface area contributed by atoms with Crippen molar-refractivity contribution < 1.29 is 4.21 Å². The molecule has 0 saturated carbocycles. The van der Waals surface area contributed by atoms with Crippen LogP contribution in [-0.2, 0) is 10.8 Å². The molecule has 1 aromatic carbocycles. The van der Waals surface area contributed by atoms with Crippen molar-refractivity contribution in [3.05, 3.63) is 30.3 Å². The predicted molar refractivity (Wildman–Crippen MR) is 58.7 cm³/mol. The molecule has 0 spiro atoms. The zero-order valence-electron chi connectivity index (χ0n) is 8.11. The van der Waals surface area contributed by atoms with Crippen molar-refractivity contribution in [1.82, 2.24) is 5.32 Å². The first-order chi connectivity index (χ1) is 6.86. The van der Waals surface area contributed by atoms with Crippen LogP contribution in [0.2, 0.25) is 0 Å². The Morgan fingerprint density at radius 1 is 1.36 bits per heavy atom. The van der Waals surface area contributed by atoms with Gasteiger partial charge in [0.2, 0.25) is 0 Å². The Hall–Kier alpha value is -0.670. The van der Waals surface area contributed by atoms with Gasteiger partial charge in [-0.15, -0.1) is 0 Å². The van der Waals surface area contributed by atoms with Gasteiger partial charge in [0.1, 0.15) is 0 Å². The van der Waals surface area contributed by atoms with E-state index in [4.69, 9.17) is 0 Å². The summed E-state index contributed by atoms with van der Waals surface area (Å²) in [7, 11) is -0.836. The molecule has 3 heteroatoms. The fourth-order valence-electron chi connectivity index (χ4n) is 1.75. The Morgan fingerprint density at radius 2 is 2.14 bits per heavy atom. The molecule has 1 saturated heterocycles. The molecule has 1 N–H and O–H groups in total. The van der Waals surface area contributed by atoms with E-state index in [0.29, 0.717) is 6.04 Å². The molecule has 0 unspecified atom stereocenters. The Morgan fingerprint density at radius 3 is 2.79 bits per heavy atom. The molecule has 0 aromatic heterocycles. The average molecular weight is 209 g/mol. The summed E-state index contributed by atoms with van der Waals surface area (Å²) in [6, 6.07) is 10.2. The van der Waals surface area contributed by atoms with Crippen molar-refractivity contribution in [3.63, 3.8) is 0 Å². The second-order valence-corrected chi connectivity index (χ2v) is 5.11. The number of hydrogen-bond acceptors (Lipinski definition) is 2. The third-order valence-corrected chi connectivity index (χ3v) is 4.02. The molecule has 1 aromatic rings. The van der Waals surface area contributed by atoms with Gasteiger partial charge in [-0.3, -0.25) is 4.21 Å². The van der Waals surface area contributed by atoms with E-state index in [-0.39, 0.29) is 0 Å². The summed E-state index contributed by atoms with van der Waals surface area (Å²) in [5.41, 5.74) is 0. The first-order valence-corrected chi connectivity index (χ1v) is 6.35. The van der Waals surface area contributed by atoms with Crippen LogP contribution in [0.5, 0.6) is 0 Å². The van der Waals surface area contributed by atoms with Gasteiger partial charge in [-0.25, -0.2) is 0 Å². The number of hydrogen-bond donors (Lipinski definition) is 1. The van der Waals surface area contributed by atoms with Crippen molar-refractivity contribution in [2.45, 2.75) is 23.8 Å². The number of rotatable bonds is 3. The fraction of sp³-hybridized carbons (Fsp3) is 0.455. The monoisotopic (exact) mass is 209 g/mol. The number of benzene rings is 1. The third kappa shape index (κ3) is 2.42. The summed E-state index contributed by atoms with van der Waals surface area (Å²) < 4.78 is 11.9. The second kappa shape index (κ2) is 4.71. The smallest absolute Gasteiger partial charge is 0.0545 e. The Bertz CT molecular complexity index is 306. The quantitative estimate of drug-likeness (QED) is 0.818. The van der Waals surface area contributed by atoms with Crippen molar-refractivity contribution in [2.24, 2.45) is 0 Å². The summed E-state index contributed by atoms with van der Waals surface area (Å²) in [5, 5.41) is 3.36. The van der Waals surface area contributed by atoms with Crippen LogP contribution in [-0.4, -0.2) is 22.5 Å². The maximum atomic E-state index is 11.9. The normalized spacial score (nSPS) is 23.6. The second-order valence-electron chi connectivity index (χ2n) is 3.62. The lowest BCUT2D eigenvalue weighted by Gasteiger charge is -2.09. The summed E-state index contributed by atoms with van der Waals surface area (Å²) >= 11 is 0. The summed E-state index contributed by atoms with van der Waals surface area (Å²) in [6.07, 6.45) is 2.38. The molecular weight excluding hydrogens is 194 g/mol. The fourth-order valence-corrected chi connectivity index (χ4v) is 3.05. The van der Waals surface area contributed by atoms with E-state index < -0.39 is 10.8 Å². The molecule has 0 aliphatic carbocycles. The van der Waals surface area contributed by atoms with E-state index in [1.54, 1.807) is 0 Å². The Kier molecular flexibility index (Phi) is 3.32. The summed E-state index contributed by atoms with van der Waals surface area (Å²) in [5.74, 6) is 0.754. The van der Waals surface area contributed by atoms with Crippen LogP contribution >= 0.6 is 0 Å². The first-order valence-electron chi connectivity index (χ1n) is 5.03. The van der Waals surface area contributed by atoms with Crippen molar-refractivity contribution >= 4 is 10.8 Å². The van der Waals surface area contributed by atoms with E-state index in [2.05, 4.69) is 5.32 Å². The van der Waals surface area contributed by atoms with Crippen LogP contribution in [0, 0.1) is 0 Å². The molecule has 1 aliphatic rings. The van der Waals surface area contributed by atoms with Gasteiger partial charge in [-0.2, -0.15) is 0 Å². The van der Waals surface area contributed by atoms with Gasteiger partial charge in [0, 0.05) is 16.7 Å². The topological polar surface area (TPSA) is 29.1 Å². The van der Waals surface area contributed by atoms with E-state index in [0.717, 1.165) is 17.2 Å². The van der Waals surface area contributed by atoms with Gasteiger partial charge in [0.25, 0.3) is 0 Å². The lowest BCUT2D eigenvalue weighted by atomic mass is 10.3. The standard InChI is InChI=1S/C11H15NOS/c13-14(9-10-5-4-8-12-10)11-6-2-1-3-7-11/h1-3,6-7,10,12H,4-5,8-9H2/t10-,14+/m0/s1. The Labute approximate surface area is 87.2 Å². The molecule has 1 fully saturated rings. The molecular formula is C11H15NOS. The van der Waals surface area contributed by atoms with Gasteiger partial charge < -0.3 is 5.32 Å². The summed E-state index contributed by atoms with van der Waals surface area (Å²) in [4.78, 5) is 0.946. The van der Waals surface area contributed by atoms with Crippen molar-refractivity contribution in [2.75, 3.05) is 12.3 Å². The van der Waals surface area contributed by atoms with Gasteiger partial charge in [0.15, 0.2) is 0 Å². The van der Waals surface area contributed by atoms with Crippen molar-refractivity contribution in [1.29, 1.82) is 0 Å². The maximum absolute atomic E-state index is 11.9. The minimum Gasteiger partial charge on any atom is -0.313 e. The van der Waals surface area contributed by atoms with Crippen LogP contribution in [0.15, 0.2) is 35.2 Å². The molecule has 0 bridgehead atoms. The molecule has 14 heavy (non-hydrogen) atoms. The lowest BCUT2D eigenvalue weighted by Crippen LogP contribution is -2.27. The van der Waals surface area contributed by atoms with E-state index in [9.17, 15) is 4.21 Å². The minimum atomic E-state index is -0.836. The van der Waals surface area contributed by atoms with Crippen LogP contribution in [0.1, 0.15) is 12.8 Å². The van der Waals surface area contributed by atoms with E-state index in [1.165, 1.54) is 12.8 Å². The lowest BCUT2D eigenvalue weighted by molar-refractivity contribution is 0.643. The van der Waals surface area contributed by atoms with Crippen LogP contribution in [0.4, 0.5) is 0 Å². The first kappa shape index (κ1) is 9.87. The average Bonchev–Trinajstić information content (AvgIpc) is 2.72. The van der Waals surface area contributed by atoms with E-state index >= 15 is 0 Å². The largest absolute Gasteiger partial charge is 0.313 e. The molecule has 1 heterocycles. The highest BCUT2D eigenvalue weighted by Gasteiger charge is 2.17. The Balaban J connectivity index is 1.95. The highest BCUT2D eigenvalue weighted by Crippen LogP contribution is 2.11. The highest BCUT2D eigenvalue weighted by molar-refractivity contribution is 7.85. The SMILES string of the molecule is O=[S@](C[C@@H]1CCCN1)c1ccccc1. The van der Waals surface area contributed by atoms with E-state index in [1.807, 2.05) is 30.3 Å². The predicted octanol–water partition coefficient (Wildman–Crippen LogP) is 1.55. The van der Waals surface area contributed by atoms with Crippen molar-refractivity contribution in [3.8, 4) is 0 Å². The molecule has 2 nitrogen and oxygen atoms in total. The van der Waals surface area contributed by atoms with Crippen LogP contribution < -0.4 is 5.32 Å². The minimum absolute atomic E-state index is 0.455. The molecule has 1 aliphatic heterocycles. The van der Waals surface area contributed by atoms with Gasteiger partial charge >= 0.3 is 0 Å². The molecule has 76 valence electrons. The molecule has 2 rings (SSSR count). The highest BCUT2D eigenvalue weighted by atomic mass is 32.2. The molecule has 2 atom stereocenters. The van der Waals surface area contributed by atoms with Gasteiger partial charge in [0.05, 0.1) is 10.8 Å². The van der Waals surface area contributed by atoms with Crippen LogP contribution in [0.3, 0.4) is 0 Å². The number of nitrogens with one attached hydrogen (secondary N) is 1.